The standard InChI is InChI=1S/C20H19FN2O4/c1-2-27-20(26)14-7-3-6-10-17(14)23-12-13(11-18(23)24)19(25)22-16-9-5-4-8-15(16)21/h3-10,13H,2,11-12H2,1H3,(H,22,25). The molecule has 2 amide bonds. The Bertz CT molecular complexity index is 884. The largest absolute Gasteiger partial charge is 0.462 e. The molecule has 2 aromatic carbocycles. The van der Waals surface area contributed by atoms with Crippen LogP contribution in [-0.4, -0.2) is 30.9 Å². The molecule has 0 aromatic heterocycles. The number of carbonyl (C=O) groups is 3. The second-order valence-corrected chi connectivity index (χ2v) is 6.11. The number of nitrogens with one attached hydrogen (secondary N) is 1. The van der Waals surface area contributed by atoms with E-state index in [1.54, 1.807) is 37.3 Å². The van der Waals surface area contributed by atoms with Gasteiger partial charge in [-0.05, 0) is 31.2 Å². The van der Waals surface area contributed by atoms with E-state index in [9.17, 15) is 18.8 Å². The molecular weight excluding hydrogens is 351 g/mol. The number of rotatable bonds is 5. The van der Waals surface area contributed by atoms with Gasteiger partial charge in [0, 0.05) is 13.0 Å². The van der Waals surface area contributed by atoms with Crippen LogP contribution in [0.3, 0.4) is 0 Å². The lowest BCUT2D eigenvalue weighted by Crippen LogP contribution is -2.29. The third-order valence-corrected chi connectivity index (χ3v) is 4.32. The first kappa shape index (κ1) is 18.6. The fourth-order valence-corrected chi connectivity index (χ4v) is 3.00. The SMILES string of the molecule is CCOC(=O)c1ccccc1N1CC(C(=O)Nc2ccccc2F)CC1=O. The van der Waals surface area contributed by atoms with Crippen molar-refractivity contribution in [2.45, 2.75) is 13.3 Å². The lowest BCUT2D eigenvalue weighted by atomic mass is 10.1. The summed E-state index contributed by atoms with van der Waals surface area (Å²) < 4.78 is 18.8. The van der Waals surface area contributed by atoms with Crippen molar-refractivity contribution in [3.63, 3.8) is 0 Å². The molecule has 1 aliphatic rings. The van der Waals surface area contributed by atoms with Gasteiger partial charge in [-0.1, -0.05) is 24.3 Å². The molecular formula is C20H19FN2O4. The highest BCUT2D eigenvalue weighted by Gasteiger charge is 2.36. The van der Waals surface area contributed by atoms with Crippen LogP contribution in [0.5, 0.6) is 0 Å². The summed E-state index contributed by atoms with van der Waals surface area (Å²) in [5, 5.41) is 2.52. The zero-order valence-corrected chi connectivity index (χ0v) is 14.8. The molecule has 1 N–H and O–H groups in total. The smallest absolute Gasteiger partial charge is 0.340 e. The van der Waals surface area contributed by atoms with Gasteiger partial charge in [0.15, 0.2) is 0 Å². The molecule has 3 rings (SSSR count). The number of ether oxygens (including phenoxy) is 1. The van der Waals surface area contributed by atoms with E-state index in [1.165, 1.54) is 23.1 Å². The van der Waals surface area contributed by atoms with E-state index < -0.39 is 23.6 Å². The van der Waals surface area contributed by atoms with Gasteiger partial charge in [0.1, 0.15) is 5.82 Å². The lowest BCUT2D eigenvalue weighted by molar-refractivity contribution is -0.122. The van der Waals surface area contributed by atoms with Crippen LogP contribution in [0, 0.1) is 11.7 Å². The van der Waals surface area contributed by atoms with E-state index in [-0.39, 0.29) is 36.7 Å². The highest BCUT2D eigenvalue weighted by molar-refractivity contribution is 6.07. The zero-order valence-electron chi connectivity index (χ0n) is 14.8. The van der Waals surface area contributed by atoms with Gasteiger partial charge in [-0.2, -0.15) is 0 Å². The second-order valence-electron chi connectivity index (χ2n) is 6.11. The lowest BCUT2D eigenvalue weighted by Gasteiger charge is -2.19. The van der Waals surface area contributed by atoms with Gasteiger partial charge in [0.25, 0.3) is 0 Å². The molecule has 1 atom stereocenters. The van der Waals surface area contributed by atoms with Gasteiger partial charge in [-0.3, -0.25) is 9.59 Å². The van der Waals surface area contributed by atoms with Crippen LogP contribution < -0.4 is 10.2 Å². The number of esters is 1. The van der Waals surface area contributed by atoms with Gasteiger partial charge in [0.05, 0.1) is 29.5 Å². The van der Waals surface area contributed by atoms with E-state index in [0.717, 1.165) is 0 Å². The number of hydrogen-bond donors (Lipinski definition) is 1. The Labute approximate surface area is 155 Å². The van der Waals surface area contributed by atoms with E-state index in [1.807, 2.05) is 0 Å². The average Bonchev–Trinajstić information content (AvgIpc) is 3.05. The van der Waals surface area contributed by atoms with Crippen LogP contribution in [-0.2, 0) is 14.3 Å². The molecule has 7 heteroatoms. The number of amides is 2. The third kappa shape index (κ3) is 3.97. The highest BCUT2D eigenvalue weighted by atomic mass is 19.1. The van der Waals surface area contributed by atoms with Crippen LogP contribution in [0.25, 0.3) is 0 Å². The monoisotopic (exact) mass is 370 g/mol. The van der Waals surface area contributed by atoms with Crippen LogP contribution >= 0.6 is 0 Å². The average molecular weight is 370 g/mol. The van der Waals surface area contributed by atoms with Crippen molar-refractivity contribution in [3.05, 3.63) is 59.9 Å². The first-order valence-corrected chi connectivity index (χ1v) is 8.63. The summed E-state index contributed by atoms with van der Waals surface area (Å²) in [7, 11) is 0. The Morgan fingerprint density at radius 3 is 2.63 bits per heavy atom. The minimum Gasteiger partial charge on any atom is -0.462 e. The third-order valence-electron chi connectivity index (χ3n) is 4.32. The minimum absolute atomic E-state index is 0.0164. The Hall–Kier alpha value is -3.22. The molecule has 27 heavy (non-hydrogen) atoms. The van der Waals surface area contributed by atoms with Crippen LogP contribution in [0.1, 0.15) is 23.7 Å². The number of anilines is 2. The highest BCUT2D eigenvalue weighted by Crippen LogP contribution is 2.29. The molecule has 1 heterocycles. The molecule has 0 radical (unpaired) electrons. The van der Waals surface area contributed by atoms with E-state index in [4.69, 9.17) is 4.74 Å². The van der Waals surface area contributed by atoms with Gasteiger partial charge in [0.2, 0.25) is 11.8 Å². The molecule has 1 aliphatic heterocycles. The Morgan fingerprint density at radius 2 is 1.89 bits per heavy atom. The summed E-state index contributed by atoms with van der Waals surface area (Å²) in [5.74, 6) is -2.43. The molecule has 1 saturated heterocycles. The molecule has 1 unspecified atom stereocenters. The predicted octanol–water partition coefficient (Wildman–Crippen LogP) is 2.99. The maximum absolute atomic E-state index is 13.7. The topological polar surface area (TPSA) is 75.7 Å². The van der Waals surface area contributed by atoms with E-state index in [0.29, 0.717) is 5.69 Å². The predicted molar refractivity (Wildman–Crippen MR) is 97.9 cm³/mol. The van der Waals surface area contributed by atoms with Crippen LogP contribution in [0.15, 0.2) is 48.5 Å². The number of para-hydroxylation sites is 2. The normalized spacial score (nSPS) is 16.3. The molecule has 1 fully saturated rings. The fourth-order valence-electron chi connectivity index (χ4n) is 3.00. The maximum Gasteiger partial charge on any atom is 0.340 e. The molecule has 140 valence electrons. The molecule has 0 spiro atoms. The summed E-state index contributed by atoms with van der Waals surface area (Å²) >= 11 is 0. The van der Waals surface area contributed by atoms with Gasteiger partial charge in [-0.25, -0.2) is 9.18 Å². The van der Waals surface area contributed by atoms with Gasteiger partial charge < -0.3 is 15.0 Å². The number of benzene rings is 2. The van der Waals surface area contributed by atoms with Crippen molar-refractivity contribution < 1.29 is 23.5 Å². The first-order chi connectivity index (χ1) is 13.0. The quantitative estimate of drug-likeness (QED) is 0.821. The number of hydrogen-bond acceptors (Lipinski definition) is 4. The Balaban J connectivity index is 1.77. The molecule has 2 aromatic rings. The summed E-state index contributed by atoms with van der Waals surface area (Å²) in [5.41, 5.74) is 0.741. The summed E-state index contributed by atoms with van der Waals surface area (Å²) in [6, 6.07) is 12.4. The van der Waals surface area contributed by atoms with Crippen LogP contribution in [0.4, 0.5) is 15.8 Å². The fraction of sp³-hybridized carbons (Fsp3) is 0.250. The first-order valence-electron chi connectivity index (χ1n) is 8.63. The molecule has 0 bridgehead atoms. The number of nitrogens with zero attached hydrogens (tertiary/aromatic N) is 1. The Morgan fingerprint density at radius 1 is 1.19 bits per heavy atom. The zero-order chi connectivity index (χ0) is 19.4. The van der Waals surface area contributed by atoms with E-state index in [2.05, 4.69) is 5.32 Å². The number of carbonyl (C=O) groups excluding carboxylic acids is 3. The van der Waals surface area contributed by atoms with Crippen molar-refractivity contribution in [2.75, 3.05) is 23.4 Å². The summed E-state index contributed by atoms with van der Waals surface area (Å²) in [6.45, 7) is 2.02. The van der Waals surface area contributed by atoms with E-state index >= 15 is 0 Å². The molecule has 6 nitrogen and oxygen atoms in total. The minimum atomic E-state index is -0.646. The van der Waals surface area contributed by atoms with Crippen LogP contribution in [0.2, 0.25) is 0 Å². The van der Waals surface area contributed by atoms with Gasteiger partial charge >= 0.3 is 5.97 Å². The van der Waals surface area contributed by atoms with Crippen molar-refractivity contribution in [2.24, 2.45) is 5.92 Å². The second kappa shape index (κ2) is 7.99. The molecule has 0 aliphatic carbocycles. The van der Waals surface area contributed by atoms with Gasteiger partial charge in [-0.15, -0.1) is 0 Å². The summed E-state index contributed by atoms with van der Waals surface area (Å²) in [4.78, 5) is 38.5. The summed E-state index contributed by atoms with van der Waals surface area (Å²) in [6.07, 6.45) is -0.0164. The van der Waals surface area contributed by atoms with Crippen molar-refractivity contribution in [3.8, 4) is 0 Å². The Kier molecular flexibility index (Phi) is 5.49. The van der Waals surface area contributed by atoms with Crippen molar-refractivity contribution in [1.82, 2.24) is 0 Å². The van der Waals surface area contributed by atoms with Crippen molar-refractivity contribution in [1.29, 1.82) is 0 Å². The molecule has 0 saturated carbocycles. The maximum atomic E-state index is 13.7. The van der Waals surface area contributed by atoms with Crippen molar-refractivity contribution >= 4 is 29.2 Å². The number of halogens is 1.